The number of aliphatic imine (C=N–C) groups is 1. The number of isocyanates is 1. The van der Waals surface area contributed by atoms with E-state index in [0.717, 1.165) is 5.56 Å². The molecule has 0 aliphatic heterocycles. The van der Waals surface area contributed by atoms with E-state index < -0.39 is 0 Å². The lowest BCUT2D eigenvalue weighted by Crippen LogP contribution is -2.00. The number of carbonyl (C=O) groups is 1. The van der Waals surface area contributed by atoms with E-state index in [0.29, 0.717) is 16.8 Å². The Morgan fingerprint density at radius 3 is 1.94 bits per heavy atom. The average molecular weight is 237 g/mol. The highest BCUT2D eigenvalue weighted by Crippen LogP contribution is 2.15. The molecule has 0 spiro atoms. The lowest BCUT2D eigenvalue weighted by molar-refractivity contribution is 0.103. The molecule has 0 saturated carbocycles. The smallest absolute Gasteiger partial charge is 0.240 e. The van der Waals surface area contributed by atoms with Gasteiger partial charge >= 0.3 is 0 Å². The molecule has 0 saturated heterocycles. The Kier molecular flexibility index (Phi) is 3.46. The highest BCUT2D eigenvalue weighted by Gasteiger charge is 2.08. The van der Waals surface area contributed by atoms with Gasteiger partial charge in [0, 0.05) is 11.1 Å². The van der Waals surface area contributed by atoms with Gasteiger partial charge in [-0.15, -0.1) is 0 Å². The molecule has 0 heterocycles. The van der Waals surface area contributed by atoms with Gasteiger partial charge < -0.3 is 0 Å². The summed E-state index contributed by atoms with van der Waals surface area (Å²) in [6.45, 7) is 1.97. The van der Waals surface area contributed by atoms with Gasteiger partial charge in [0.15, 0.2) is 5.78 Å². The van der Waals surface area contributed by atoms with E-state index in [2.05, 4.69) is 4.99 Å². The van der Waals surface area contributed by atoms with Crippen LogP contribution in [0, 0.1) is 6.92 Å². The molecule has 88 valence electrons. The quantitative estimate of drug-likeness (QED) is 0.467. The molecule has 0 radical (unpaired) electrons. The van der Waals surface area contributed by atoms with Crippen LogP contribution in [0.15, 0.2) is 53.5 Å². The fraction of sp³-hybridized carbons (Fsp3) is 0.0667. The Morgan fingerprint density at radius 1 is 0.944 bits per heavy atom. The first-order valence-electron chi connectivity index (χ1n) is 5.50. The van der Waals surface area contributed by atoms with Gasteiger partial charge in [0.05, 0.1) is 5.69 Å². The second kappa shape index (κ2) is 5.21. The summed E-state index contributed by atoms with van der Waals surface area (Å²) in [5.41, 5.74) is 2.82. The predicted octanol–water partition coefficient (Wildman–Crippen LogP) is 3.19. The van der Waals surface area contributed by atoms with Crippen LogP contribution in [0.4, 0.5) is 5.69 Å². The summed E-state index contributed by atoms with van der Waals surface area (Å²) >= 11 is 0. The summed E-state index contributed by atoms with van der Waals surface area (Å²) in [6.07, 6.45) is 1.46. The van der Waals surface area contributed by atoms with Crippen LogP contribution in [0.5, 0.6) is 0 Å². The van der Waals surface area contributed by atoms with Crippen LogP contribution in [0.25, 0.3) is 0 Å². The Bertz CT molecular complexity index is 606. The van der Waals surface area contributed by atoms with Crippen molar-refractivity contribution in [2.24, 2.45) is 4.99 Å². The van der Waals surface area contributed by atoms with Gasteiger partial charge in [0.2, 0.25) is 6.08 Å². The minimum absolute atomic E-state index is 0.0448. The van der Waals surface area contributed by atoms with E-state index in [1.165, 1.54) is 6.08 Å². The molecule has 3 heteroatoms. The Hall–Kier alpha value is -2.51. The molecule has 2 rings (SSSR count). The molecule has 0 aliphatic rings. The van der Waals surface area contributed by atoms with Crippen LogP contribution in [0.1, 0.15) is 21.5 Å². The largest absolute Gasteiger partial charge is 0.289 e. The Morgan fingerprint density at radius 2 is 1.44 bits per heavy atom. The van der Waals surface area contributed by atoms with Crippen molar-refractivity contribution in [3.05, 3.63) is 65.2 Å². The average Bonchev–Trinajstić information content (AvgIpc) is 2.40. The third kappa shape index (κ3) is 2.59. The molecule has 0 fully saturated rings. The van der Waals surface area contributed by atoms with Crippen LogP contribution >= 0.6 is 0 Å². The summed E-state index contributed by atoms with van der Waals surface area (Å²) in [5, 5.41) is 0. The summed E-state index contributed by atoms with van der Waals surface area (Å²) < 4.78 is 0. The number of aryl methyl sites for hydroxylation is 1. The summed E-state index contributed by atoms with van der Waals surface area (Å²) in [4.78, 5) is 25.7. The number of nitrogens with zero attached hydrogens (tertiary/aromatic N) is 1. The second-order valence-electron chi connectivity index (χ2n) is 3.95. The van der Waals surface area contributed by atoms with Crippen LogP contribution in [0.3, 0.4) is 0 Å². The topological polar surface area (TPSA) is 46.5 Å². The molecule has 0 unspecified atom stereocenters. The van der Waals surface area contributed by atoms with E-state index in [1.54, 1.807) is 36.4 Å². The van der Waals surface area contributed by atoms with Crippen molar-refractivity contribution < 1.29 is 9.59 Å². The van der Waals surface area contributed by atoms with Gasteiger partial charge in [0.1, 0.15) is 0 Å². The zero-order valence-corrected chi connectivity index (χ0v) is 9.88. The van der Waals surface area contributed by atoms with Crippen molar-refractivity contribution in [1.29, 1.82) is 0 Å². The SMILES string of the molecule is Cc1ccc(C(=O)c2ccc(N=C=O)cc2)cc1. The van der Waals surface area contributed by atoms with E-state index in [-0.39, 0.29) is 5.78 Å². The van der Waals surface area contributed by atoms with Crippen molar-refractivity contribution in [3.63, 3.8) is 0 Å². The summed E-state index contributed by atoms with van der Waals surface area (Å²) in [6, 6.07) is 13.9. The molecular weight excluding hydrogens is 226 g/mol. The molecule has 0 N–H and O–H groups in total. The van der Waals surface area contributed by atoms with E-state index in [4.69, 9.17) is 0 Å². The van der Waals surface area contributed by atoms with E-state index in [1.807, 2.05) is 19.1 Å². The molecule has 0 aliphatic carbocycles. The predicted molar refractivity (Wildman–Crippen MR) is 68.8 cm³/mol. The lowest BCUT2D eigenvalue weighted by atomic mass is 10.0. The fourth-order valence-electron chi connectivity index (χ4n) is 1.61. The van der Waals surface area contributed by atoms with Crippen LogP contribution in [-0.4, -0.2) is 11.9 Å². The molecule has 2 aromatic carbocycles. The Balaban J connectivity index is 2.28. The van der Waals surface area contributed by atoms with Crippen LogP contribution in [-0.2, 0) is 4.79 Å². The zero-order chi connectivity index (χ0) is 13.0. The molecule has 0 amide bonds. The highest BCUT2D eigenvalue weighted by molar-refractivity contribution is 6.09. The first kappa shape index (κ1) is 12.0. The van der Waals surface area contributed by atoms with E-state index >= 15 is 0 Å². The first-order valence-corrected chi connectivity index (χ1v) is 5.50. The lowest BCUT2D eigenvalue weighted by Gasteiger charge is -2.02. The van der Waals surface area contributed by atoms with Crippen molar-refractivity contribution in [1.82, 2.24) is 0 Å². The molecule has 18 heavy (non-hydrogen) atoms. The van der Waals surface area contributed by atoms with Crippen molar-refractivity contribution in [2.75, 3.05) is 0 Å². The summed E-state index contributed by atoms with van der Waals surface area (Å²) in [7, 11) is 0. The van der Waals surface area contributed by atoms with Gasteiger partial charge in [0.25, 0.3) is 0 Å². The molecule has 3 nitrogen and oxygen atoms in total. The number of hydrogen-bond donors (Lipinski definition) is 0. The van der Waals surface area contributed by atoms with Crippen LogP contribution < -0.4 is 0 Å². The van der Waals surface area contributed by atoms with Crippen LogP contribution in [0.2, 0.25) is 0 Å². The van der Waals surface area contributed by atoms with Crippen molar-refractivity contribution >= 4 is 17.6 Å². The molecule has 0 aromatic heterocycles. The minimum atomic E-state index is -0.0448. The number of rotatable bonds is 3. The molecule has 0 bridgehead atoms. The third-order valence-corrected chi connectivity index (χ3v) is 2.62. The van der Waals surface area contributed by atoms with Gasteiger partial charge in [-0.05, 0) is 31.2 Å². The number of ketones is 1. The number of hydrogen-bond acceptors (Lipinski definition) is 3. The summed E-state index contributed by atoms with van der Waals surface area (Å²) in [5.74, 6) is -0.0448. The fourth-order valence-corrected chi connectivity index (χ4v) is 1.61. The number of carbonyl (C=O) groups excluding carboxylic acids is 2. The first-order chi connectivity index (χ1) is 8.70. The van der Waals surface area contributed by atoms with Gasteiger partial charge in [-0.1, -0.05) is 29.8 Å². The maximum atomic E-state index is 12.1. The minimum Gasteiger partial charge on any atom is -0.289 e. The second-order valence-corrected chi connectivity index (χ2v) is 3.95. The third-order valence-electron chi connectivity index (χ3n) is 2.62. The van der Waals surface area contributed by atoms with Gasteiger partial charge in [-0.25, -0.2) is 4.79 Å². The molecular formula is C15H11NO2. The zero-order valence-electron chi connectivity index (χ0n) is 9.88. The normalized spacial score (nSPS) is 9.61. The maximum Gasteiger partial charge on any atom is 0.240 e. The Labute approximate surface area is 105 Å². The molecule has 0 atom stereocenters. The maximum absolute atomic E-state index is 12.1. The van der Waals surface area contributed by atoms with Crippen molar-refractivity contribution in [2.45, 2.75) is 6.92 Å². The number of benzene rings is 2. The van der Waals surface area contributed by atoms with Gasteiger partial charge in [-0.3, -0.25) is 4.79 Å². The van der Waals surface area contributed by atoms with Crippen molar-refractivity contribution in [3.8, 4) is 0 Å². The molecule has 2 aromatic rings. The highest BCUT2D eigenvalue weighted by atomic mass is 16.1. The van der Waals surface area contributed by atoms with E-state index in [9.17, 15) is 9.59 Å². The van der Waals surface area contributed by atoms with Gasteiger partial charge in [-0.2, -0.15) is 4.99 Å². The monoisotopic (exact) mass is 237 g/mol. The standard InChI is InChI=1S/C15H11NO2/c1-11-2-4-12(5-3-11)15(18)13-6-8-14(9-7-13)16-10-17/h2-9H,1H3.